The maximum atomic E-state index is 11.9. The van der Waals surface area contributed by atoms with Gasteiger partial charge in [0.05, 0.1) is 27.7 Å². The number of amides is 1. The topological polar surface area (TPSA) is 117 Å². The lowest BCUT2D eigenvalue weighted by Gasteiger charge is -2.06. The zero-order chi connectivity index (χ0) is 17.7. The first-order valence-corrected chi connectivity index (χ1v) is 8.60. The van der Waals surface area contributed by atoms with E-state index in [9.17, 15) is 19.2 Å². The van der Waals surface area contributed by atoms with Gasteiger partial charge in [0.2, 0.25) is 0 Å². The van der Waals surface area contributed by atoms with Gasteiger partial charge in [-0.2, -0.15) is 10.2 Å². The van der Waals surface area contributed by atoms with Gasteiger partial charge in [0.15, 0.2) is 0 Å². The second-order valence-corrected chi connectivity index (χ2v) is 6.71. The highest BCUT2D eigenvalue weighted by Crippen LogP contribution is 2.22. The van der Waals surface area contributed by atoms with E-state index in [1.54, 1.807) is 6.92 Å². The molecule has 0 saturated heterocycles. The van der Waals surface area contributed by atoms with Gasteiger partial charge in [-0.3, -0.25) is 13.7 Å². The van der Waals surface area contributed by atoms with Crippen LogP contribution in [0, 0.1) is 0 Å². The molecule has 24 heavy (non-hydrogen) atoms. The molecule has 128 valence electrons. The van der Waals surface area contributed by atoms with Crippen LogP contribution in [0.25, 0.3) is 0 Å². The second kappa shape index (κ2) is 7.93. The van der Waals surface area contributed by atoms with Crippen LogP contribution < -0.4 is 5.43 Å². The Hall–Kier alpha value is -2.39. The van der Waals surface area contributed by atoms with Crippen molar-refractivity contribution in [3.63, 3.8) is 0 Å². The number of benzene rings is 1. The Morgan fingerprint density at radius 3 is 2.83 bits per heavy atom. The van der Waals surface area contributed by atoms with Gasteiger partial charge in [-0.25, -0.2) is 5.43 Å². The molecule has 0 spiro atoms. The molecule has 10 heteroatoms. The monoisotopic (exact) mass is 370 g/mol. The Labute approximate surface area is 145 Å². The fourth-order valence-corrected chi connectivity index (χ4v) is 2.85. The van der Waals surface area contributed by atoms with E-state index in [0.717, 1.165) is 0 Å². The number of phenols is 2. The molecule has 1 unspecified atom stereocenters. The van der Waals surface area contributed by atoms with Crippen LogP contribution in [0.4, 0.5) is 0 Å². The van der Waals surface area contributed by atoms with Crippen LogP contribution in [0.2, 0.25) is 5.02 Å². The third kappa shape index (κ3) is 5.07. The van der Waals surface area contributed by atoms with E-state index in [0.29, 0.717) is 16.3 Å². The van der Waals surface area contributed by atoms with E-state index >= 15 is 0 Å². The summed E-state index contributed by atoms with van der Waals surface area (Å²) in [5.74, 6) is -0.992. The van der Waals surface area contributed by atoms with Crippen LogP contribution in [-0.2, 0) is 21.5 Å². The summed E-state index contributed by atoms with van der Waals surface area (Å²) in [6.07, 6.45) is 2.92. The number of carbonyl (C=O) groups is 1. The molecule has 1 aromatic carbocycles. The van der Waals surface area contributed by atoms with Crippen molar-refractivity contribution in [3.05, 3.63) is 41.2 Å². The van der Waals surface area contributed by atoms with Crippen LogP contribution >= 0.6 is 11.6 Å². The number of aromatic hydroxyl groups is 2. The lowest BCUT2D eigenvalue weighted by molar-refractivity contribution is -0.118. The smallest absolute Gasteiger partial charge is 0.252 e. The standard InChI is InChI=1S/C14H15ClN4O4S/c1-9(12-3-2-11(20)4-13(12)21)17-18-14(22)7-24(23)8-19-6-10(15)5-16-19/h2-6,20-21H,7-8H2,1H3,(H,18,22). The van der Waals surface area contributed by atoms with Crippen molar-refractivity contribution in [2.75, 3.05) is 5.75 Å². The number of halogens is 1. The molecule has 0 bridgehead atoms. The molecule has 0 fully saturated rings. The second-order valence-electron chi connectivity index (χ2n) is 4.84. The SMILES string of the molecule is CC(=NNC(=O)CS(=O)Cn1cc(Cl)cn1)c1ccc(O)cc1O. The number of phenolic OH excluding ortho intramolecular Hbond substituents is 2. The van der Waals surface area contributed by atoms with E-state index in [1.807, 2.05) is 0 Å². The van der Waals surface area contributed by atoms with Crippen molar-refractivity contribution in [1.82, 2.24) is 15.2 Å². The van der Waals surface area contributed by atoms with Crippen LogP contribution in [0.15, 0.2) is 35.7 Å². The van der Waals surface area contributed by atoms with Gasteiger partial charge in [0, 0.05) is 17.8 Å². The molecule has 0 aliphatic rings. The van der Waals surface area contributed by atoms with E-state index < -0.39 is 16.7 Å². The van der Waals surface area contributed by atoms with E-state index in [4.69, 9.17) is 11.6 Å². The van der Waals surface area contributed by atoms with Gasteiger partial charge in [-0.15, -0.1) is 0 Å². The lowest BCUT2D eigenvalue weighted by Crippen LogP contribution is -2.26. The first kappa shape index (κ1) is 18.0. The van der Waals surface area contributed by atoms with Crippen LogP contribution in [0.3, 0.4) is 0 Å². The van der Waals surface area contributed by atoms with E-state index in [2.05, 4.69) is 15.6 Å². The van der Waals surface area contributed by atoms with Gasteiger partial charge in [0.1, 0.15) is 23.1 Å². The van der Waals surface area contributed by atoms with E-state index in [1.165, 1.54) is 35.3 Å². The summed E-state index contributed by atoms with van der Waals surface area (Å²) < 4.78 is 13.3. The van der Waals surface area contributed by atoms with Crippen molar-refractivity contribution < 1.29 is 19.2 Å². The predicted octanol–water partition coefficient (Wildman–Crippen LogP) is 1.19. The van der Waals surface area contributed by atoms with Crippen molar-refractivity contribution in [1.29, 1.82) is 0 Å². The molecule has 8 nitrogen and oxygen atoms in total. The highest BCUT2D eigenvalue weighted by Gasteiger charge is 2.10. The van der Waals surface area contributed by atoms with Gasteiger partial charge >= 0.3 is 0 Å². The van der Waals surface area contributed by atoms with Gasteiger partial charge in [-0.1, -0.05) is 11.6 Å². The largest absolute Gasteiger partial charge is 0.508 e. The Balaban J connectivity index is 1.90. The van der Waals surface area contributed by atoms with Crippen molar-refractivity contribution in [3.8, 4) is 11.5 Å². The summed E-state index contributed by atoms with van der Waals surface area (Å²) in [6.45, 7) is 1.58. The first-order chi connectivity index (χ1) is 11.3. The van der Waals surface area contributed by atoms with E-state index in [-0.39, 0.29) is 23.1 Å². The zero-order valence-corrected chi connectivity index (χ0v) is 14.2. The number of nitrogens with zero attached hydrogens (tertiary/aromatic N) is 3. The average molecular weight is 371 g/mol. The maximum Gasteiger partial charge on any atom is 0.252 e. The lowest BCUT2D eigenvalue weighted by atomic mass is 10.1. The van der Waals surface area contributed by atoms with Crippen molar-refractivity contribution >= 4 is 34.0 Å². The molecule has 0 saturated carbocycles. The fourth-order valence-electron chi connectivity index (χ4n) is 1.81. The normalized spacial score (nSPS) is 12.8. The maximum absolute atomic E-state index is 11.9. The number of rotatable bonds is 6. The number of hydrazone groups is 1. The number of hydrogen-bond donors (Lipinski definition) is 3. The first-order valence-electron chi connectivity index (χ1n) is 6.73. The number of nitrogens with one attached hydrogen (secondary N) is 1. The summed E-state index contributed by atoms with van der Waals surface area (Å²) in [5.41, 5.74) is 2.97. The van der Waals surface area contributed by atoms with Crippen LogP contribution in [0.1, 0.15) is 12.5 Å². The highest BCUT2D eigenvalue weighted by molar-refractivity contribution is 7.84. The number of aromatic nitrogens is 2. The predicted molar refractivity (Wildman–Crippen MR) is 90.4 cm³/mol. The Kier molecular flexibility index (Phi) is 5.93. The number of hydrogen-bond acceptors (Lipinski definition) is 6. The van der Waals surface area contributed by atoms with Gasteiger partial charge < -0.3 is 10.2 Å². The fraction of sp³-hybridized carbons (Fsp3) is 0.214. The Bertz CT molecular complexity index is 806. The average Bonchev–Trinajstić information content (AvgIpc) is 2.89. The molecule has 1 amide bonds. The summed E-state index contributed by atoms with van der Waals surface area (Å²) >= 11 is 5.70. The minimum absolute atomic E-state index is 0.0432. The zero-order valence-electron chi connectivity index (χ0n) is 12.6. The minimum Gasteiger partial charge on any atom is -0.508 e. The highest BCUT2D eigenvalue weighted by atomic mass is 35.5. The molecular weight excluding hydrogens is 356 g/mol. The molecular formula is C14H15ClN4O4S. The van der Waals surface area contributed by atoms with Gasteiger partial charge in [0.25, 0.3) is 5.91 Å². The van der Waals surface area contributed by atoms with Crippen molar-refractivity contribution in [2.24, 2.45) is 5.10 Å². The molecule has 1 heterocycles. The molecule has 2 aromatic rings. The van der Waals surface area contributed by atoms with Crippen LogP contribution in [-0.4, -0.2) is 41.6 Å². The molecule has 0 radical (unpaired) electrons. The molecule has 1 aromatic heterocycles. The summed E-state index contributed by atoms with van der Waals surface area (Å²) in [7, 11) is -1.48. The van der Waals surface area contributed by atoms with Crippen LogP contribution in [0.5, 0.6) is 11.5 Å². The minimum atomic E-state index is -1.48. The summed E-state index contributed by atoms with van der Waals surface area (Å²) in [5, 5.41) is 27.1. The molecule has 2 rings (SSSR count). The summed E-state index contributed by atoms with van der Waals surface area (Å²) in [6, 6.07) is 4.02. The number of carbonyl (C=O) groups excluding carboxylic acids is 1. The quantitative estimate of drug-likeness (QED) is 0.521. The molecule has 0 aliphatic carbocycles. The van der Waals surface area contributed by atoms with Gasteiger partial charge in [-0.05, 0) is 19.1 Å². The molecule has 3 N–H and O–H groups in total. The third-order valence-corrected chi connectivity index (χ3v) is 4.22. The third-order valence-electron chi connectivity index (χ3n) is 2.89. The summed E-state index contributed by atoms with van der Waals surface area (Å²) in [4.78, 5) is 11.8. The Morgan fingerprint density at radius 2 is 2.21 bits per heavy atom. The van der Waals surface area contributed by atoms with Crippen molar-refractivity contribution in [2.45, 2.75) is 12.8 Å². The molecule has 0 aliphatic heterocycles. The Morgan fingerprint density at radius 1 is 1.46 bits per heavy atom. The molecule has 1 atom stereocenters.